The number of halogens is 1. The van der Waals surface area contributed by atoms with Crippen molar-refractivity contribution in [2.75, 3.05) is 18.2 Å². The number of nitrogens with one attached hydrogen (secondary N) is 1. The van der Waals surface area contributed by atoms with Gasteiger partial charge in [-0.05, 0) is 26.0 Å². The molecule has 1 aromatic heterocycles. The molecule has 0 spiro atoms. The van der Waals surface area contributed by atoms with Gasteiger partial charge in [0.1, 0.15) is 0 Å². The standard InChI is InChI=1S/C15H19FN2OS/c1-9(6-11-5-4-10(2)20-11)18-14-8-15(19-3)12(16)7-13(14)17/h4-5,7-9,18H,6,17H2,1-3H3. The maximum atomic E-state index is 13.5. The molecule has 2 rings (SSSR count). The number of benzene rings is 1. The maximum Gasteiger partial charge on any atom is 0.167 e. The molecule has 108 valence electrons. The lowest BCUT2D eigenvalue weighted by atomic mass is 10.1. The average molecular weight is 294 g/mol. The van der Waals surface area contributed by atoms with Gasteiger partial charge in [0, 0.05) is 34.3 Å². The normalized spacial score (nSPS) is 12.2. The number of methoxy groups -OCH3 is 1. The minimum Gasteiger partial charge on any atom is -0.494 e. The topological polar surface area (TPSA) is 47.3 Å². The van der Waals surface area contributed by atoms with Crippen molar-refractivity contribution in [2.45, 2.75) is 26.3 Å². The summed E-state index contributed by atoms with van der Waals surface area (Å²) in [6.07, 6.45) is 0.900. The van der Waals surface area contributed by atoms with E-state index in [1.54, 1.807) is 17.4 Å². The van der Waals surface area contributed by atoms with Crippen LogP contribution >= 0.6 is 11.3 Å². The van der Waals surface area contributed by atoms with Crippen LogP contribution in [0.3, 0.4) is 0 Å². The molecule has 0 aliphatic carbocycles. The molecule has 3 nitrogen and oxygen atoms in total. The molecule has 0 amide bonds. The van der Waals surface area contributed by atoms with Crippen molar-refractivity contribution in [1.29, 1.82) is 0 Å². The molecule has 1 aromatic carbocycles. The molecule has 0 radical (unpaired) electrons. The van der Waals surface area contributed by atoms with E-state index in [0.29, 0.717) is 11.4 Å². The zero-order valence-corrected chi connectivity index (χ0v) is 12.7. The third-order valence-electron chi connectivity index (χ3n) is 3.03. The number of thiophene rings is 1. The smallest absolute Gasteiger partial charge is 0.167 e. The summed E-state index contributed by atoms with van der Waals surface area (Å²) in [4.78, 5) is 2.62. The Morgan fingerprint density at radius 1 is 1.40 bits per heavy atom. The molecular formula is C15H19FN2OS. The Balaban J connectivity index is 2.09. The van der Waals surface area contributed by atoms with Crippen LogP contribution in [-0.4, -0.2) is 13.2 Å². The van der Waals surface area contributed by atoms with Crippen molar-refractivity contribution in [3.05, 3.63) is 39.8 Å². The molecule has 0 saturated heterocycles. The van der Waals surface area contributed by atoms with Crippen LogP contribution in [0, 0.1) is 12.7 Å². The molecule has 0 aliphatic rings. The number of hydrogen-bond acceptors (Lipinski definition) is 4. The molecule has 0 saturated carbocycles. The van der Waals surface area contributed by atoms with E-state index in [4.69, 9.17) is 10.5 Å². The second-order valence-electron chi connectivity index (χ2n) is 4.84. The van der Waals surface area contributed by atoms with Gasteiger partial charge in [0.15, 0.2) is 11.6 Å². The van der Waals surface area contributed by atoms with Crippen LogP contribution in [0.5, 0.6) is 5.75 Å². The van der Waals surface area contributed by atoms with E-state index in [-0.39, 0.29) is 11.8 Å². The number of aryl methyl sites for hydroxylation is 1. The summed E-state index contributed by atoms with van der Waals surface area (Å²) in [6.45, 7) is 4.17. The summed E-state index contributed by atoms with van der Waals surface area (Å²) >= 11 is 1.78. The van der Waals surface area contributed by atoms with Crippen molar-refractivity contribution in [2.24, 2.45) is 0 Å². The summed E-state index contributed by atoms with van der Waals surface area (Å²) in [5, 5.41) is 3.30. The zero-order chi connectivity index (χ0) is 14.7. The van der Waals surface area contributed by atoms with Crippen LogP contribution in [0.1, 0.15) is 16.7 Å². The van der Waals surface area contributed by atoms with Gasteiger partial charge in [0.25, 0.3) is 0 Å². The average Bonchev–Trinajstić information content (AvgIpc) is 2.78. The highest BCUT2D eigenvalue weighted by Crippen LogP contribution is 2.29. The fourth-order valence-corrected chi connectivity index (χ4v) is 3.08. The maximum absolute atomic E-state index is 13.5. The second kappa shape index (κ2) is 6.13. The van der Waals surface area contributed by atoms with Crippen LogP contribution in [0.2, 0.25) is 0 Å². The molecule has 1 heterocycles. The van der Waals surface area contributed by atoms with E-state index in [9.17, 15) is 4.39 Å². The van der Waals surface area contributed by atoms with E-state index in [2.05, 4.69) is 31.3 Å². The lowest BCUT2D eigenvalue weighted by Gasteiger charge is -2.17. The van der Waals surface area contributed by atoms with Gasteiger partial charge in [0.2, 0.25) is 0 Å². The zero-order valence-electron chi connectivity index (χ0n) is 11.9. The number of nitrogens with two attached hydrogens (primary N) is 1. The van der Waals surface area contributed by atoms with Crippen molar-refractivity contribution in [1.82, 2.24) is 0 Å². The first kappa shape index (κ1) is 14.7. The first-order chi connectivity index (χ1) is 9.49. The summed E-state index contributed by atoms with van der Waals surface area (Å²) in [5.41, 5.74) is 6.92. The summed E-state index contributed by atoms with van der Waals surface area (Å²) in [7, 11) is 1.44. The van der Waals surface area contributed by atoms with Crippen LogP contribution in [-0.2, 0) is 6.42 Å². The van der Waals surface area contributed by atoms with Crippen LogP contribution in [0.15, 0.2) is 24.3 Å². The van der Waals surface area contributed by atoms with Gasteiger partial charge in [-0.2, -0.15) is 0 Å². The predicted octanol–water partition coefficient (Wildman–Crippen LogP) is 3.83. The molecule has 0 fully saturated rings. The predicted molar refractivity (Wildman–Crippen MR) is 83.2 cm³/mol. The third kappa shape index (κ3) is 3.42. The Bertz CT molecular complexity index is 598. The van der Waals surface area contributed by atoms with Crippen molar-refractivity contribution < 1.29 is 9.13 Å². The second-order valence-corrected chi connectivity index (χ2v) is 6.21. The molecule has 1 unspecified atom stereocenters. The molecule has 20 heavy (non-hydrogen) atoms. The largest absolute Gasteiger partial charge is 0.494 e. The lowest BCUT2D eigenvalue weighted by Crippen LogP contribution is -2.18. The molecule has 1 atom stereocenters. The fraction of sp³-hybridized carbons (Fsp3) is 0.333. The van der Waals surface area contributed by atoms with Crippen LogP contribution in [0.25, 0.3) is 0 Å². The Labute approximate surface area is 122 Å². The summed E-state index contributed by atoms with van der Waals surface area (Å²) < 4.78 is 18.5. The van der Waals surface area contributed by atoms with Crippen LogP contribution < -0.4 is 15.8 Å². The molecule has 5 heteroatoms. The monoisotopic (exact) mass is 294 g/mol. The van der Waals surface area contributed by atoms with Gasteiger partial charge in [-0.1, -0.05) is 0 Å². The highest BCUT2D eigenvalue weighted by molar-refractivity contribution is 7.11. The van der Waals surface area contributed by atoms with Gasteiger partial charge in [0.05, 0.1) is 18.5 Å². The number of ether oxygens (including phenoxy) is 1. The van der Waals surface area contributed by atoms with Gasteiger partial charge < -0.3 is 15.8 Å². The first-order valence-electron chi connectivity index (χ1n) is 6.44. The highest BCUT2D eigenvalue weighted by Gasteiger charge is 2.11. The van der Waals surface area contributed by atoms with E-state index >= 15 is 0 Å². The number of nitrogen functional groups attached to an aromatic ring is 1. The van der Waals surface area contributed by atoms with E-state index in [0.717, 1.165) is 6.42 Å². The molecule has 0 bridgehead atoms. The van der Waals surface area contributed by atoms with Gasteiger partial charge >= 0.3 is 0 Å². The SMILES string of the molecule is COc1cc(NC(C)Cc2ccc(C)s2)c(N)cc1F. The third-order valence-corrected chi connectivity index (χ3v) is 4.05. The van der Waals surface area contributed by atoms with Gasteiger partial charge in [-0.3, -0.25) is 0 Å². The summed E-state index contributed by atoms with van der Waals surface area (Å²) in [5.74, 6) is -0.252. The molecule has 0 aliphatic heterocycles. The Morgan fingerprint density at radius 3 is 2.75 bits per heavy atom. The Hall–Kier alpha value is -1.75. The van der Waals surface area contributed by atoms with E-state index < -0.39 is 5.82 Å². The number of hydrogen-bond donors (Lipinski definition) is 2. The first-order valence-corrected chi connectivity index (χ1v) is 7.26. The number of anilines is 2. The number of rotatable bonds is 5. The van der Waals surface area contributed by atoms with E-state index in [1.807, 2.05) is 0 Å². The molecule has 2 aromatic rings. The van der Waals surface area contributed by atoms with E-state index in [1.165, 1.54) is 22.9 Å². The highest BCUT2D eigenvalue weighted by atomic mass is 32.1. The quantitative estimate of drug-likeness (QED) is 0.824. The molecular weight excluding hydrogens is 275 g/mol. The van der Waals surface area contributed by atoms with Gasteiger partial charge in [-0.15, -0.1) is 11.3 Å². The van der Waals surface area contributed by atoms with Crippen molar-refractivity contribution in [3.63, 3.8) is 0 Å². The lowest BCUT2D eigenvalue weighted by molar-refractivity contribution is 0.387. The summed E-state index contributed by atoms with van der Waals surface area (Å²) in [6, 6.07) is 7.32. The van der Waals surface area contributed by atoms with Crippen molar-refractivity contribution in [3.8, 4) is 5.75 Å². The van der Waals surface area contributed by atoms with Crippen LogP contribution in [0.4, 0.5) is 15.8 Å². The molecule has 3 N–H and O–H groups in total. The van der Waals surface area contributed by atoms with Gasteiger partial charge in [-0.25, -0.2) is 4.39 Å². The Morgan fingerprint density at radius 2 is 2.15 bits per heavy atom. The minimum atomic E-state index is -0.447. The van der Waals surface area contributed by atoms with Crippen molar-refractivity contribution >= 4 is 22.7 Å². The Kier molecular flexibility index (Phi) is 4.49. The fourth-order valence-electron chi connectivity index (χ4n) is 2.06. The minimum absolute atomic E-state index is 0.195.